The maximum absolute atomic E-state index is 13.5. The van der Waals surface area contributed by atoms with Crippen molar-refractivity contribution >= 4 is 27.5 Å². The summed E-state index contributed by atoms with van der Waals surface area (Å²) in [6, 6.07) is 6.45. The van der Waals surface area contributed by atoms with E-state index in [1.54, 1.807) is 18.2 Å². The first-order valence-corrected chi connectivity index (χ1v) is 5.99. The normalized spacial score (nSPS) is 10.3. The van der Waals surface area contributed by atoms with E-state index in [0.717, 1.165) is 0 Å². The second-order valence-corrected chi connectivity index (χ2v) is 4.72. The number of nitrogens with zero attached hydrogens (tertiary/aromatic N) is 1. The molecule has 1 aromatic heterocycles. The predicted octanol–water partition coefficient (Wildman–Crippen LogP) is 4.22. The number of benzene rings is 1. The quantitative estimate of drug-likeness (QED) is 0.846. The average molecular weight is 317 g/mol. The van der Waals surface area contributed by atoms with Gasteiger partial charge in [-0.25, -0.2) is 4.39 Å². The zero-order valence-corrected chi connectivity index (χ0v) is 11.0. The molecule has 0 spiro atoms. The van der Waals surface area contributed by atoms with Crippen LogP contribution in [0.5, 0.6) is 5.75 Å². The molecular weight excluding hydrogens is 308 g/mol. The zero-order chi connectivity index (χ0) is 12.3. The minimum atomic E-state index is -0.311. The Morgan fingerprint density at radius 3 is 2.82 bits per heavy atom. The highest BCUT2D eigenvalue weighted by molar-refractivity contribution is 9.10. The molecule has 0 saturated heterocycles. The van der Waals surface area contributed by atoms with E-state index in [4.69, 9.17) is 16.3 Å². The topological polar surface area (TPSA) is 22.1 Å². The highest BCUT2D eigenvalue weighted by Gasteiger charge is 2.04. The molecule has 2 aromatic rings. The van der Waals surface area contributed by atoms with Crippen LogP contribution in [-0.4, -0.2) is 4.98 Å². The van der Waals surface area contributed by atoms with E-state index in [2.05, 4.69) is 20.9 Å². The van der Waals surface area contributed by atoms with Crippen LogP contribution in [0.1, 0.15) is 5.56 Å². The lowest BCUT2D eigenvalue weighted by Gasteiger charge is -2.07. The van der Waals surface area contributed by atoms with E-state index in [1.807, 2.05) is 0 Å². The smallest absolute Gasteiger partial charge is 0.139 e. The maximum Gasteiger partial charge on any atom is 0.139 e. The molecule has 2 rings (SSSR count). The molecule has 1 heterocycles. The molecule has 17 heavy (non-hydrogen) atoms. The van der Waals surface area contributed by atoms with E-state index < -0.39 is 0 Å². The molecule has 0 saturated carbocycles. The summed E-state index contributed by atoms with van der Waals surface area (Å²) < 4.78 is 19.6. The third-order valence-electron chi connectivity index (χ3n) is 2.09. The molecule has 0 radical (unpaired) electrons. The molecule has 0 N–H and O–H groups in total. The Labute approximate surface area is 112 Å². The van der Waals surface area contributed by atoms with Crippen LogP contribution in [0.4, 0.5) is 4.39 Å². The predicted molar refractivity (Wildman–Crippen MR) is 67.7 cm³/mol. The molecule has 0 aliphatic heterocycles. The monoisotopic (exact) mass is 315 g/mol. The van der Waals surface area contributed by atoms with Crippen LogP contribution < -0.4 is 4.74 Å². The van der Waals surface area contributed by atoms with Crippen molar-refractivity contribution < 1.29 is 9.13 Å². The molecule has 0 fully saturated rings. The summed E-state index contributed by atoms with van der Waals surface area (Å²) in [6.45, 7) is 0.140. The van der Waals surface area contributed by atoms with Gasteiger partial charge >= 0.3 is 0 Å². The van der Waals surface area contributed by atoms with Crippen molar-refractivity contribution in [3.05, 3.63) is 57.5 Å². The molecule has 0 unspecified atom stereocenters. The van der Waals surface area contributed by atoms with Crippen molar-refractivity contribution in [1.29, 1.82) is 0 Å². The largest absolute Gasteiger partial charge is 0.487 e. The second-order valence-electron chi connectivity index (χ2n) is 3.36. The summed E-state index contributed by atoms with van der Waals surface area (Å²) in [5, 5.41) is 0.485. The SMILES string of the molecule is Fc1cc(Br)ccc1COc1cncc(Cl)c1. The summed E-state index contributed by atoms with van der Waals surface area (Å²) >= 11 is 8.95. The molecule has 0 amide bonds. The molecule has 2 nitrogen and oxygen atoms in total. The Balaban J connectivity index is 2.07. The van der Waals surface area contributed by atoms with Gasteiger partial charge in [0.05, 0.1) is 11.2 Å². The first-order chi connectivity index (χ1) is 8.15. The van der Waals surface area contributed by atoms with Crippen LogP contribution in [0.15, 0.2) is 41.1 Å². The molecule has 5 heteroatoms. The first-order valence-electron chi connectivity index (χ1n) is 4.82. The van der Waals surface area contributed by atoms with Crippen LogP contribution in [0.25, 0.3) is 0 Å². The van der Waals surface area contributed by atoms with E-state index >= 15 is 0 Å². The lowest BCUT2D eigenvalue weighted by atomic mass is 10.2. The van der Waals surface area contributed by atoms with Crippen LogP contribution in [-0.2, 0) is 6.61 Å². The summed E-state index contributed by atoms with van der Waals surface area (Å²) in [7, 11) is 0. The first kappa shape index (κ1) is 12.3. The van der Waals surface area contributed by atoms with Gasteiger partial charge in [0.15, 0.2) is 0 Å². The minimum Gasteiger partial charge on any atom is -0.487 e. The van der Waals surface area contributed by atoms with Gasteiger partial charge in [0.2, 0.25) is 0 Å². The van der Waals surface area contributed by atoms with E-state index in [-0.39, 0.29) is 12.4 Å². The van der Waals surface area contributed by atoms with Crippen molar-refractivity contribution in [3.8, 4) is 5.75 Å². The number of ether oxygens (including phenoxy) is 1. The fourth-order valence-corrected chi connectivity index (χ4v) is 1.77. The van der Waals surface area contributed by atoms with Gasteiger partial charge in [0.1, 0.15) is 18.2 Å². The molecule has 0 bridgehead atoms. The number of aromatic nitrogens is 1. The van der Waals surface area contributed by atoms with Crippen molar-refractivity contribution in [1.82, 2.24) is 4.98 Å². The van der Waals surface area contributed by atoms with Crippen LogP contribution >= 0.6 is 27.5 Å². The molecule has 0 atom stereocenters. The minimum absolute atomic E-state index is 0.140. The Morgan fingerprint density at radius 2 is 2.12 bits per heavy atom. The van der Waals surface area contributed by atoms with Gasteiger partial charge in [-0.2, -0.15) is 0 Å². The third-order valence-corrected chi connectivity index (χ3v) is 2.79. The van der Waals surface area contributed by atoms with E-state index in [9.17, 15) is 4.39 Å². The van der Waals surface area contributed by atoms with E-state index in [0.29, 0.717) is 20.8 Å². The lowest BCUT2D eigenvalue weighted by molar-refractivity contribution is 0.298. The van der Waals surface area contributed by atoms with Crippen LogP contribution in [0.3, 0.4) is 0 Å². The average Bonchev–Trinajstić information content (AvgIpc) is 2.28. The van der Waals surface area contributed by atoms with Crippen molar-refractivity contribution in [3.63, 3.8) is 0 Å². The van der Waals surface area contributed by atoms with Gasteiger partial charge in [-0.3, -0.25) is 4.98 Å². The maximum atomic E-state index is 13.5. The van der Waals surface area contributed by atoms with Crippen LogP contribution in [0.2, 0.25) is 5.02 Å². The Kier molecular flexibility index (Phi) is 3.97. The van der Waals surface area contributed by atoms with Gasteiger partial charge in [-0.15, -0.1) is 0 Å². The number of hydrogen-bond donors (Lipinski definition) is 0. The Hall–Kier alpha value is -1.13. The fraction of sp³-hybridized carbons (Fsp3) is 0.0833. The summed E-state index contributed by atoms with van der Waals surface area (Å²) in [5.41, 5.74) is 0.480. The Morgan fingerprint density at radius 1 is 1.29 bits per heavy atom. The molecule has 1 aromatic carbocycles. The summed E-state index contributed by atoms with van der Waals surface area (Å²) in [6.07, 6.45) is 3.04. The van der Waals surface area contributed by atoms with Gasteiger partial charge in [0.25, 0.3) is 0 Å². The van der Waals surface area contributed by atoms with E-state index in [1.165, 1.54) is 18.5 Å². The standard InChI is InChI=1S/C12H8BrClFNO/c13-9-2-1-8(12(15)3-9)7-17-11-4-10(14)5-16-6-11/h1-6H,7H2. The molecule has 88 valence electrons. The Bertz CT molecular complexity index is 536. The number of pyridine rings is 1. The van der Waals surface area contributed by atoms with Crippen molar-refractivity contribution in [2.75, 3.05) is 0 Å². The highest BCUT2D eigenvalue weighted by atomic mass is 79.9. The molecule has 0 aliphatic rings. The van der Waals surface area contributed by atoms with Gasteiger partial charge < -0.3 is 4.74 Å². The summed E-state index contributed by atoms with van der Waals surface area (Å²) in [4.78, 5) is 3.87. The summed E-state index contributed by atoms with van der Waals surface area (Å²) in [5.74, 6) is 0.203. The fourth-order valence-electron chi connectivity index (χ4n) is 1.27. The lowest BCUT2D eigenvalue weighted by Crippen LogP contribution is -1.98. The number of rotatable bonds is 3. The third kappa shape index (κ3) is 3.41. The van der Waals surface area contributed by atoms with Crippen LogP contribution in [0, 0.1) is 5.82 Å². The van der Waals surface area contributed by atoms with Gasteiger partial charge in [-0.1, -0.05) is 33.6 Å². The molecular formula is C12H8BrClFNO. The van der Waals surface area contributed by atoms with Crippen molar-refractivity contribution in [2.24, 2.45) is 0 Å². The second kappa shape index (κ2) is 5.47. The van der Waals surface area contributed by atoms with Gasteiger partial charge in [0, 0.05) is 22.3 Å². The molecule has 0 aliphatic carbocycles. The number of hydrogen-bond acceptors (Lipinski definition) is 2. The zero-order valence-electron chi connectivity index (χ0n) is 8.66. The van der Waals surface area contributed by atoms with Gasteiger partial charge in [-0.05, 0) is 12.1 Å². The highest BCUT2D eigenvalue weighted by Crippen LogP contribution is 2.19. The van der Waals surface area contributed by atoms with Crippen molar-refractivity contribution in [2.45, 2.75) is 6.61 Å². The number of halogens is 3.